The molecule has 0 spiro atoms. The van der Waals surface area contributed by atoms with Crippen LogP contribution in [0, 0.1) is 5.92 Å². The third-order valence-electron chi connectivity index (χ3n) is 2.96. The van der Waals surface area contributed by atoms with E-state index in [2.05, 4.69) is 5.32 Å². The molecule has 0 aromatic heterocycles. The molecule has 1 aliphatic rings. The highest BCUT2D eigenvalue weighted by Crippen LogP contribution is 2.28. The average Bonchev–Trinajstić information content (AvgIpc) is 2.11. The van der Waals surface area contributed by atoms with Gasteiger partial charge in [-0.05, 0) is 32.7 Å². The van der Waals surface area contributed by atoms with Crippen molar-refractivity contribution >= 4 is 0 Å². The van der Waals surface area contributed by atoms with Crippen LogP contribution in [0.5, 0.6) is 0 Å². The van der Waals surface area contributed by atoms with E-state index in [1.165, 1.54) is 25.7 Å². The van der Waals surface area contributed by atoms with Gasteiger partial charge in [-0.3, -0.25) is 0 Å². The van der Waals surface area contributed by atoms with Crippen LogP contribution >= 0.6 is 0 Å². The fraction of sp³-hybridized carbons (Fsp3) is 1.00. The van der Waals surface area contributed by atoms with Gasteiger partial charge in [-0.25, -0.2) is 0 Å². The first kappa shape index (κ1) is 12.9. The summed E-state index contributed by atoms with van der Waals surface area (Å²) in [5.41, 5.74) is 0. The van der Waals surface area contributed by atoms with Gasteiger partial charge in [0.15, 0.2) is 0 Å². The zero-order valence-electron chi connectivity index (χ0n) is 10.0. The molecule has 0 heterocycles. The zero-order chi connectivity index (χ0) is 11.1. The normalized spacial score (nSPS) is 19.2. The Morgan fingerprint density at radius 1 is 1.40 bits per heavy atom. The second-order valence-corrected chi connectivity index (χ2v) is 4.83. The lowest BCUT2D eigenvalue weighted by atomic mass is 9.83. The molecule has 0 radical (unpaired) electrons. The van der Waals surface area contributed by atoms with Gasteiger partial charge >= 0.3 is 0 Å². The molecule has 3 heteroatoms. The number of nitrogens with one attached hydrogen (secondary N) is 1. The van der Waals surface area contributed by atoms with Crippen LogP contribution < -0.4 is 5.32 Å². The van der Waals surface area contributed by atoms with Crippen LogP contribution in [0.25, 0.3) is 0 Å². The topological polar surface area (TPSA) is 41.5 Å². The molecule has 0 bridgehead atoms. The van der Waals surface area contributed by atoms with Crippen molar-refractivity contribution in [1.82, 2.24) is 5.32 Å². The first-order chi connectivity index (χ1) is 7.18. The van der Waals surface area contributed by atoms with Crippen LogP contribution in [-0.4, -0.2) is 37.0 Å². The zero-order valence-corrected chi connectivity index (χ0v) is 10.0. The highest BCUT2D eigenvalue weighted by Gasteiger charge is 2.16. The van der Waals surface area contributed by atoms with E-state index in [9.17, 15) is 5.11 Å². The fourth-order valence-electron chi connectivity index (χ4n) is 1.72. The lowest BCUT2D eigenvalue weighted by Crippen LogP contribution is -2.32. The van der Waals surface area contributed by atoms with Crippen LogP contribution in [0.15, 0.2) is 0 Å². The van der Waals surface area contributed by atoms with Crippen LogP contribution in [0.4, 0.5) is 0 Å². The number of aliphatic hydroxyl groups excluding tert-OH is 1. The fourth-order valence-corrected chi connectivity index (χ4v) is 1.72. The highest BCUT2D eigenvalue weighted by molar-refractivity contribution is 4.70. The number of aliphatic hydroxyl groups is 1. The number of rotatable bonds is 8. The van der Waals surface area contributed by atoms with Crippen LogP contribution in [0.2, 0.25) is 0 Å². The summed E-state index contributed by atoms with van der Waals surface area (Å²) in [5.74, 6) is 0.946. The molecule has 0 aromatic carbocycles. The van der Waals surface area contributed by atoms with E-state index >= 15 is 0 Å². The van der Waals surface area contributed by atoms with Gasteiger partial charge in [0.25, 0.3) is 0 Å². The minimum Gasteiger partial charge on any atom is -0.389 e. The number of hydrogen-bond donors (Lipinski definition) is 2. The lowest BCUT2D eigenvalue weighted by Gasteiger charge is -2.25. The lowest BCUT2D eigenvalue weighted by molar-refractivity contribution is 0.00630. The minimum atomic E-state index is -0.367. The molecule has 1 atom stereocenters. The summed E-state index contributed by atoms with van der Waals surface area (Å²) in [6.07, 6.45) is 5.32. The molecule has 0 aliphatic heterocycles. The van der Waals surface area contributed by atoms with Crippen molar-refractivity contribution in [2.45, 2.75) is 51.7 Å². The highest BCUT2D eigenvalue weighted by atomic mass is 16.5. The summed E-state index contributed by atoms with van der Waals surface area (Å²) < 4.78 is 5.32. The van der Waals surface area contributed by atoms with Gasteiger partial charge in [-0.15, -0.1) is 0 Å². The van der Waals surface area contributed by atoms with E-state index in [4.69, 9.17) is 4.74 Å². The average molecular weight is 215 g/mol. The Morgan fingerprint density at radius 3 is 2.67 bits per heavy atom. The van der Waals surface area contributed by atoms with Gasteiger partial charge in [0, 0.05) is 6.54 Å². The molecule has 1 fully saturated rings. The van der Waals surface area contributed by atoms with E-state index in [-0.39, 0.29) is 12.2 Å². The van der Waals surface area contributed by atoms with Crippen molar-refractivity contribution < 1.29 is 9.84 Å². The van der Waals surface area contributed by atoms with E-state index < -0.39 is 0 Å². The second kappa shape index (κ2) is 7.20. The molecule has 1 rings (SSSR count). The quantitative estimate of drug-likeness (QED) is 0.604. The molecule has 90 valence electrons. The molecule has 0 saturated heterocycles. The Kier molecular flexibility index (Phi) is 6.22. The SMILES string of the molecule is CC(C)OCC(O)CNCCC1CCC1. The molecule has 0 amide bonds. The van der Waals surface area contributed by atoms with Crippen molar-refractivity contribution in [1.29, 1.82) is 0 Å². The molecule has 15 heavy (non-hydrogen) atoms. The van der Waals surface area contributed by atoms with Gasteiger partial charge in [0.05, 0.1) is 18.8 Å². The summed E-state index contributed by atoms with van der Waals surface area (Å²) in [7, 11) is 0. The number of ether oxygens (including phenoxy) is 1. The molecule has 0 aromatic rings. The third-order valence-corrected chi connectivity index (χ3v) is 2.96. The maximum Gasteiger partial charge on any atom is 0.0897 e. The molecule has 2 N–H and O–H groups in total. The van der Waals surface area contributed by atoms with Gasteiger partial charge in [0.2, 0.25) is 0 Å². The van der Waals surface area contributed by atoms with Gasteiger partial charge in [-0.2, -0.15) is 0 Å². The van der Waals surface area contributed by atoms with Crippen molar-refractivity contribution in [3.63, 3.8) is 0 Å². The molecular weight excluding hydrogens is 190 g/mol. The van der Waals surface area contributed by atoms with Crippen molar-refractivity contribution in [2.75, 3.05) is 19.7 Å². The van der Waals surface area contributed by atoms with E-state index in [0.29, 0.717) is 13.2 Å². The maximum absolute atomic E-state index is 9.55. The third kappa shape index (κ3) is 6.13. The largest absolute Gasteiger partial charge is 0.389 e. The maximum atomic E-state index is 9.55. The van der Waals surface area contributed by atoms with Crippen molar-refractivity contribution in [2.24, 2.45) is 5.92 Å². The smallest absolute Gasteiger partial charge is 0.0897 e. The van der Waals surface area contributed by atoms with Crippen LogP contribution in [0.3, 0.4) is 0 Å². The van der Waals surface area contributed by atoms with Gasteiger partial charge in [0.1, 0.15) is 0 Å². The van der Waals surface area contributed by atoms with Crippen LogP contribution in [0.1, 0.15) is 39.5 Å². The summed E-state index contributed by atoms with van der Waals surface area (Å²) in [6.45, 7) is 6.09. The molecule has 1 aliphatic carbocycles. The Morgan fingerprint density at radius 2 is 2.13 bits per heavy atom. The monoisotopic (exact) mass is 215 g/mol. The summed E-state index contributed by atoms with van der Waals surface area (Å²) in [5, 5.41) is 12.8. The molecule has 1 saturated carbocycles. The Bertz CT molecular complexity index is 158. The Balaban J connectivity index is 1.85. The van der Waals surface area contributed by atoms with Gasteiger partial charge in [-0.1, -0.05) is 19.3 Å². The van der Waals surface area contributed by atoms with Crippen LogP contribution in [-0.2, 0) is 4.74 Å². The molecule has 1 unspecified atom stereocenters. The van der Waals surface area contributed by atoms with Crippen molar-refractivity contribution in [3.05, 3.63) is 0 Å². The minimum absolute atomic E-state index is 0.203. The summed E-state index contributed by atoms with van der Waals surface area (Å²) >= 11 is 0. The predicted molar refractivity (Wildman–Crippen MR) is 61.9 cm³/mol. The Labute approximate surface area is 93.2 Å². The first-order valence-corrected chi connectivity index (χ1v) is 6.19. The van der Waals surface area contributed by atoms with Gasteiger partial charge < -0.3 is 15.2 Å². The standard InChI is InChI=1S/C12H25NO2/c1-10(2)15-9-12(14)8-13-7-6-11-4-3-5-11/h10-14H,3-9H2,1-2H3. The van der Waals surface area contributed by atoms with E-state index in [0.717, 1.165) is 12.5 Å². The molecular formula is C12H25NO2. The van der Waals surface area contributed by atoms with Crippen molar-refractivity contribution in [3.8, 4) is 0 Å². The van der Waals surface area contributed by atoms with E-state index in [1.807, 2.05) is 13.8 Å². The molecule has 3 nitrogen and oxygen atoms in total. The summed E-state index contributed by atoms with van der Waals surface area (Å²) in [4.78, 5) is 0. The predicted octanol–water partition coefficient (Wildman–Crippen LogP) is 1.55. The van der Waals surface area contributed by atoms with E-state index in [1.54, 1.807) is 0 Å². The summed E-state index contributed by atoms with van der Waals surface area (Å²) in [6, 6.07) is 0. The number of hydrogen-bond acceptors (Lipinski definition) is 3. The second-order valence-electron chi connectivity index (χ2n) is 4.83. The first-order valence-electron chi connectivity index (χ1n) is 6.19. The Hall–Kier alpha value is -0.120.